The average molecular weight is 274 g/mol. The van der Waals surface area contributed by atoms with Gasteiger partial charge in [0.05, 0.1) is 6.10 Å². The zero-order chi connectivity index (χ0) is 14.2. The highest BCUT2D eigenvalue weighted by Crippen LogP contribution is 2.36. The van der Waals surface area contributed by atoms with Crippen molar-refractivity contribution in [3.8, 4) is 0 Å². The van der Waals surface area contributed by atoms with Crippen LogP contribution in [-0.4, -0.2) is 5.11 Å². The van der Waals surface area contributed by atoms with E-state index in [2.05, 4.69) is 31.2 Å². The third-order valence-electron chi connectivity index (χ3n) is 4.73. The number of hydrogen-bond donors (Lipinski definition) is 1. The van der Waals surface area contributed by atoms with Crippen LogP contribution in [0.2, 0.25) is 0 Å². The Bertz CT molecular complexity index is 364. The number of aliphatic hydroxyl groups excluding tert-OH is 1. The molecule has 1 nitrogen and oxygen atoms in total. The van der Waals surface area contributed by atoms with Gasteiger partial charge in [-0.3, -0.25) is 0 Å². The maximum Gasteiger partial charge on any atom is 0.0790 e. The zero-order valence-corrected chi connectivity index (χ0v) is 13.0. The van der Waals surface area contributed by atoms with Crippen molar-refractivity contribution in [2.45, 2.75) is 83.2 Å². The molecule has 0 amide bonds. The van der Waals surface area contributed by atoms with Crippen LogP contribution in [0.3, 0.4) is 0 Å². The van der Waals surface area contributed by atoms with Gasteiger partial charge in [0.15, 0.2) is 0 Å². The van der Waals surface area contributed by atoms with Crippen LogP contribution in [0.4, 0.5) is 0 Å². The smallest absolute Gasteiger partial charge is 0.0790 e. The van der Waals surface area contributed by atoms with E-state index in [0.717, 1.165) is 24.3 Å². The lowest BCUT2D eigenvalue weighted by Crippen LogP contribution is -2.08. The Morgan fingerprint density at radius 2 is 1.65 bits per heavy atom. The molecule has 1 fully saturated rings. The molecule has 1 heteroatoms. The zero-order valence-electron chi connectivity index (χ0n) is 13.0. The number of unbranched alkanes of at least 4 members (excludes halogenated alkanes) is 5. The molecule has 1 aromatic rings. The van der Waals surface area contributed by atoms with Crippen molar-refractivity contribution < 1.29 is 5.11 Å². The van der Waals surface area contributed by atoms with Crippen LogP contribution in [0.1, 0.15) is 94.3 Å². The molecule has 1 aliphatic carbocycles. The number of aliphatic hydroxyl groups is 1. The summed E-state index contributed by atoms with van der Waals surface area (Å²) in [7, 11) is 0. The van der Waals surface area contributed by atoms with Gasteiger partial charge in [0.2, 0.25) is 0 Å². The van der Waals surface area contributed by atoms with E-state index < -0.39 is 0 Å². The summed E-state index contributed by atoms with van der Waals surface area (Å²) >= 11 is 0. The predicted molar refractivity (Wildman–Crippen MR) is 86.0 cm³/mol. The molecule has 0 aromatic heterocycles. The molecule has 1 unspecified atom stereocenters. The Morgan fingerprint density at radius 1 is 1.00 bits per heavy atom. The molecule has 20 heavy (non-hydrogen) atoms. The first kappa shape index (κ1) is 15.6. The first-order valence-electron chi connectivity index (χ1n) is 8.59. The summed E-state index contributed by atoms with van der Waals surface area (Å²) in [6, 6.07) is 8.72. The Hall–Kier alpha value is -0.820. The molecular formula is C19H30O. The van der Waals surface area contributed by atoms with E-state index in [4.69, 9.17) is 0 Å². The highest BCUT2D eigenvalue weighted by atomic mass is 16.3. The van der Waals surface area contributed by atoms with Crippen LogP contribution >= 0.6 is 0 Å². The summed E-state index contributed by atoms with van der Waals surface area (Å²) < 4.78 is 0. The highest BCUT2D eigenvalue weighted by Gasteiger charge is 2.19. The minimum absolute atomic E-state index is 0.267. The number of benzene rings is 1. The molecule has 0 aliphatic heterocycles. The summed E-state index contributed by atoms with van der Waals surface area (Å²) in [6.45, 7) is 2.25. The molecule has 0 heterocycles. The number of rotatable bonds is 9. The van der Waals surface area contributed by atoms with Crippen molar-refractivity contribution in [1.82, 2.24) is 0 Å². The second kappa shape index (κ2) is 8.46. The monoisotopic (exact) mass is 274 g/mol. The summed E-state index contributed by atoms with van der Waals surface area (Å²) in [5.41, 5.74) is 2.56. The molecule has 1 N–H and O–H groups in total. The summed E-state index contributed by atoms with van der Waals surface area (Å²) in [5, 5.41) is 10.2. The molecule has 1 aromatic carbocycles. The summed E-state index contributed by atoms with van der Waals surface area (Å²) in [6.07, 6.45) is 12.5. The minimum Gasteiger partial charge on any atom is -0.388 e. The van der Waals surface area contributed by atoms with E-state index in [-0.39, 0.29) is 6.10 Å². The third-order valence-corrected chi connectivity index (χ3v) is 4.73. The fraction of sp³-hybridized carbons (Fsp3) is 0.684. The van der Waals surface area contributed by atoms with Crippen LogP contribution in [0, 0.1) is 0 Å². The Balaban J connectivity index is 1.67. The standard InChI is InChI=1S/C19H30O/c1-2-3-4-5-6-7-11-19(20)18-14-12-17(13-15-18)16-9-8-10-16/h12-16,19-20H,2-11H2,1H3. The molecule has 1 aliphatic rings. The molecule has 0 radical (unpaired) electrons. The first-order valence-corrected chi connectivity index (χ1v) is 8.59. The maximum atomic E-state index is 10.2. The summed E-state index contributed by atoms with van der Waals surface area (Å²) in [5.74, 6) is 0.791. The fourth-order valence-electron chi connectivity index (χ4n) is 3.02. The van der Waals surface area contributed by atoms with Gasteiger partial charge in [-0.25, -0.2) is 0 Å². The lowest BCUT2D eigenvalue weighted by molar-refractivity contribution is 0.163. The topological polar surface area (TPSA) is 20.2 Å². The average Bonchev–Trinajstić information content (AvgIpc) is 2.41. The molecule has 112 valence electrons. The molecule has 1 atom stereocenters. The van der Waals surface area contributed by atoms with Gasteiger partial charge in [-0.2, -0.15) is 0 Å². The van der Waals surface area contributed by atoms with Gasteiger partial charge in [0.25, 0.3) is 0 Å². The van der Waals surface area contributed by atoms with Crippen molar-refractivity contribution in [2.75, 3.05) is 0 Å². The quantitative estimate of drug-likeness (QED) is 0.569. The second-order valence-electron chi connectivity index (χ2n) is 6.37. The van der Waals surface area contributed by atoms with Crippen molar-refractivity contribution >= 4 is 0 Å². The van der Waals surface area contributed by atoms with Gasteiger partial charge < -0.3 is 5.11 Å². The van der Waals surface area contributed by atoms with Gasteiger partial charge in [-0.15, -0.1) is 0 Å². The van der Waals surface area contributed by atoms with E-state index in [9.17, 15) is 5.11 Å². The van der Waals surface area contributed by atoms with Gasteiger partial charge >= 0.3 is 0 Å². The Labute approximate surface area is 124 Å². The molecule has 0 saturated heterocycles. The molecular weight excluding hydrogens is 244 g/mol. The Morgan fingerprint density at radius 3 is 2.25 bits per heavy atom. The van der Waals surface area contributed by atoms with Crippen LogP contribution < -0.4 is 0 Å². The predicted octanol–water partition coefficient (Wildman–Crippen LogP) is 5.74. The van der Waals surface area contributed by atoms with Crippen molar-refractivity contribution in [2.24, 2.45) is 0 Å². The van der Waals surface area contributed by atoms with Crippen LogP contribution in [-0.2, 0) is 0 Å². The van der Waals surface area contributed by atoms with E-state index in [1.807, 2.05) is 0 Å². The normalized spacial score (nSPS) is 16.9. The van der Waals surface area contributed by atoms with Crippen LogP contribution in [0.5, 0.6) is 0 Å². The molecule has 0 bridgehead atoms. The van der Waals surface area contributed by atoms with E-state index in [1.54, 1.807) is 0 Å². The van der Waals surface area contributed by atoms with E-state index in [0.29, 0.717) is 0 Å². The van der Waals surface area contributed by atoms with Crippen LogP contribution in [0.15, 0.2) is 24.3 Å². The van der Waals surface area contributed by atoms with Crippen molar-refractivity contribution in [1.29, 1.82) is 0 Å². The fourth-order valence-corrected chi connectivity index (χ4v) is 3.02. The Kier molecular flexibility index (Phi) is 6.59. The SMILES string of the molecule is CCCCCCCCC(O)c1ccc(C2CCC2)cc1. The van der Waals surface area contributed by atoms with Crippen molar-refractivity contribution in [3.05, 3.63) is 35.4 Å². The van der Waals surface area contributed by atoms with Crippen molar-refractivity contribution in [3.63, 3.8) is 0 Å². The maximum absolute atomic E-state index is 10.2. The van der Waals surface area contributed by atoms with Gasteiger partial charge in [-0.1, -0.05) is 76.1 Å². The lowest BCUT2D eigenvalue weighted by Gasteiger charge is -2.26. The first-order chi connectivity index (χ1) is 9.81. The largest absolute Gasteiger partial charge is 0.388 e. The molecule has 2 rings (SSSR count). The minimum atomic E-state index is -0.267. The van der Waals surface area contributed by atoms with Crippen LogP contribution in [0.25, 0.3) is 0 Å². The molecule has 0 spiro atoms. The van der Waals surface area contributed by atoms with Gasteiger partial charge in [0, 0.05) is 0 Å². The molecule has 1 saturated carbocycles. The van der Waals surface area contributed by atoms with Gasteiger partial charge in [-0.05, 0) is 36.3 Å². The lowest BCUT2D eigenvalue weighted by atomic mass is 9.80. The van der Waals surface area contributed by atoms with Gasteiger partial charge in [0.1, 0.15) is 0 Å². The number of hydrogen-bond acceptors (Lipinski definition) is 1. The third kappa shape index (κ3) is 4.63. The summed E-state index contributed by atoms with van der Waals surface area (Å²) in [4.78, 5) is 0. The van der Waals surface area contributed by atoms with E-state index >= 15 is 0 Å². The highest BCUT2D eigenvalue weighted by molar-refractivity contribution is 5.27. The van der Waals surface area contributed by atoms with E-state index in [1.165, 1.54) is 56.9 Å². The second-order valence-corrected chi connectivity index (χ2v) is 6.37.